The lowest BCUT2D eigenvalue weighted by molar-refractivity contribution is -0.132. The molecule has 1 aliphatic rings. The SMILES string of the molecule is NC(=O)c1cc2cc(F)ccc2nc1C1CCN(C(=O)CCc2ccccc2)CC1. The summed E-state index contributed by atoms with van der Waals surface area (Å²) in [6.45, 7) is 1.25. The van der Waals surface area contributed by atoms with Gasteiger partial charge in [-0.2, -0.15) is 0 Å². The van der Waals surface area contributed by atoms with E-state index in [-0.39, 0.29) is 17.6 Å². The molecule has 0 aliphatic carbocycles. The fraction of sp³-hybridized carbons (Fsp3) is 0.292. The Labute approximate surface area is 174 Å². The third-order valence-electron chi connectivity index (χ3n) is 5.78. The molecule has 4 rings (SSSR count). The molecule has 6 heteroatoms. The number of pyridine rings is 1. The summed E-state index contributed by atoms with van der Waals surface area (Å²) in [6.07, 6.45) is 2.66. The van der Waals surface area contributed by atoms with Gasteiger partial charge in [-0.1, -0.05) is 30.3 Å². The topological polar surface area (TPSA) is 76.3 Å². The van der Waals surface area contributed by atoms with Crippen molar-refractivity contribution in [3.63, 3.8) is 0 Å². The van der Waals surface area contributed by atoms with Crippen LogP contribution in [0.25, 0.3) is 10.9 Å². The highest BCUT2D eigenvalue weighted by Crippen LogP contribution is 2.31. The van der Waals surface area contributed by atoms with Crippen molar-refractivity contribution in [2.24, 2.45) is 5.73 Å². The second kappa shape index (κ2) is 8.61. The van der Waals surface area contributed by atoms with Gasteiger partial charge in [0.15, 0.2) is 0 Å². The first-order valence-electron chi connectivity index (χ1n) is 10.2. The van der Waals surface area contributed by atoms with Crippen molar-refractivity contribution in [2.45, 2.75) is 31.6 Å². The maximum atomic E-state index is 13.5. The minimum atomic E-state index is -0.565. The molecule has 0 unspecified atom stereocenters. The van der Waals surface area contributed by atoms with Crippen LogP contribution in [0.1, 0.15) is 46.8 Å². The molecule has 3 aromatic rings. The Morgan fingerprint density at radius 2 is 1.80 bits per heavy atom. The molecule has 1 aliphatic heterocycles. The predicted molar refractivity (Wildman–Crippen MR) is 114 cm³/mol. The van der Waals surface area contributed by atoms with Gasteiger partial charge in [-0.3, -0.25) is 14.6 Å². The highest BCUT2D eigenvalue weighted by Gasteiger charge is 2.27. The van der Waals surface area contributed by atoms with E-state index in [9.17, 15) is 14.0 Å². The average Bonchev–Trinajstić information content (AvgIpc) is 2.77. The zero-order chi connectivity index (χ0) is 21.1. The molecule has 0 spiro atoms. The van der Waals surface area contributed by atoms with Gasteiger partial charge in [-0.25, -0.2) is 4.39 Å². The van der Waals surface area contributed by atoms with Crippen LogP contribution in [0.5, 0.6) is 0 Å². The molecule has 1 fully saturated rings. The Balaban J connectivity index is 1.45. The van der Waals surface area contributed by atoms with E-state index < -0.39 is 5.91 Å². The van der Waals surface area contributed by atoms with Gasteiger partial charge in [0, 0.05) is 30.8 Å². The number of aromatic nitrogens is 1. The fourth-order valence-corrected chi connectivity index (χ4v) is 4.13. The molecule has 0 bridgehead atoms. The van der Waals surface area contributed by atoms with E-state index >= 15 is 0 Å². The number of hydrogen-bond donors (Lipinski definition) is 1. The summed E-state index contributed by atoms with van der Waals surface area (Å²) in [6, 6.07) is 15.9. The van der Waals surface area contributed by atoms with Gasteiger partial charge >= 0.3 is 0 Å². The lowest BCUT2D eigenvalue weighted by Gasteiger charge is -2.32. The van der Waals surface area contributed by atoms with E-state index in [0.717, 1.165) is 24.8 Å². The number of hydrogen-bond acceptors (Lipinski definition) is 3. The maximum absolute atomic E-state index is 13.5. The van der Waals surface area contributed by atoms with Gasteiger partial charge in [-0.15, -0.1) is 0 Å². The van der Waals surface area contributed by atoms with Crippen molar-refractivity contribution < 1.29 is 14.0 Å². The van der Waals surface area contributed by atoms with E-state index in [1.54, 1.807) is 12.1 Å². The summed E-state index contributed by atoms with van der Waals surface area (Å²) >= 11 is 0. The standard InChI is InChI=1S/C24H24FN3O2/c25-19-7-8-21-18(14-19)15-20(24(26)30)23(27-21)17-10-12-28(13-11-17)22(29)9-6-16-4-2-1-3-5-16/h1-5,7-8,14-15,17H,6,9-13H2,(H2,26,30). The summed E-state index contributed by atoms with van der Waals surface area (Å²) in [5.74, 6) is -0.755. The van der Waals surface area contributed by atoms with Crippen LogP contribution in [-0.2, 0) is 11.2 Å². The number of carbonyl (C=O) groups excluding carboxylic acids is 2. The Hall–Kier alpha value is -3.28. The molecule has 1 aromatic heterocycles. The lowest BCUT2D eigenvalue weighted by Crippen LogP contribution is -2.38. The number of rotatable bonds is 5. The van der Waals surface area contributed by atoms with E-state index in [1.165, 1.54) is 12.1 Å². The molecular formula is C24H24FN3O2. The minimum absolute atomic E-state index is 0.0418. The molecule has 154 valence electrons. The number of amides is 2. The van der Waals surface area contributed by atoms with E-state index in [1.807, 2.05) is 35.2 Å². The van der Waals surface area contributed by atoms with Crippen LogP contribution in [0, 0.1) is 5.82 Å². The molecule has 30 heavy (non-hydrogen) atoms. The molecule has 1 saturated heterocycles. The number of aryl methyl sites for hydroxylation is 1. The predicted octanol–water partition coefficient (Wildman–Crippen LogP) is 3.81. The third-order valence-corrected chi connectivity index (χ3v) is 5.78. The highest BCUT2D eigenvalue weighted by molar-refractivity contribution is 5.97. The van der Waals surface area contributed by atoms with Crippen LogP contribution in [-0.4, -0.2) is 34.8 Å². The van der Waals surface area contributed by atoms with Crippen LogP contribution >= 0.6 is 0 Å². The first kappa shape index (κ1) is 20.0. The van der Waals surface area contributed by atoms with Crippen LogP contribution in [0.4, 0.5) is 4.39 Å². The molecule has 5 nitrogen and oxygen atoms in total. The molecule has 0 radical (unpaired) electrons. The number of likely N-dealkylation sites (tertiary alicyclic amines) is 1. The molecule has 2 amide bonds. The summed E-state index contributed by atoms with van der Waals surface area (Å²) < 4.78 is 13.5. The number of carbonyl (C=O) groups is 2. The number of halogens is 1. The van der Waals surface area contributed by atoms with Crippen molar-refractivity contribution >= 4 is 22.7 Å². The monoisotopic (exact) mass is 405 g/mol. The average molecular weight is 405 g/mol. The van der Waals surface area contributed by atoms with Crippen LogP contribution in [0.2, 0.25) is 0 Å². The molecular weight excluding hydrogens is 381 g/mol. The summed E-state index contributed by atoms with van der Waals surface area (Å²) in [7, 11) is 0. The molecule has 2 heterocycles. The number of fused-ring (bicyclic) bond motifs is 1. The van der Waals surface area contributed by atoms with Crippen LogP contribution in [0.15, 0.2) is 54.6 Å². The number of benzene rings is 2. The first-order chi connectivity index (χ1) is 14.5. The Morgan fingerprint density at radius 1 is 1.07 bits per heavy atom. The zero-order valence-electron chi connectivity index (χ0n) is 16.7. The van der Waals surface area contributed by atoms with Crippen molar-refractivity contribution in [3.05, 3.63) is 77.2 Å². The van der Waals surface area contributed by atoms with Crippen molar-refractivity contribution in [3.8, 4) is 0 Å². The summed E-state index contributed by atoms with van der Waals surface area (Å²) in [5.41, 5.74) is 8.36. The van der Waals surface area contributed by atoms with Gasteiger partial charge in [-0.05, 0) is 49.1 Å². The van der Waals surface area contributed by atoms with Gasteiger partial charge in [0.25, 0.3) is 5.91 Å². The Kier molecular flexibility index (Phi) is 5.74. The third kappa shape index (κ3) is 4.32. The van der Waals surface area contributed by atoms with Crippen molar-refractivity contribution in [1.82, 2.24) is 9.88 Å². The second-order valence-electron chi connectivity index (χ2n) is 7.76. The Morgan fingerprint density at radius 3 is 2.50 bits per heavy atom. The largest absolute Gasteiger partial charge is 0.366 e. The van der Waals surface area contributed by atoms with Crippen molar-refractivity contribution in [1.29, 1.82) is 0 Å². The second-order valence-corrected chi connectivity index (χ2v) is 7.76. The van der Waals surface area contributed by atoms with E-state index in [0.29, 0.717) is 41.7 Å². The lowest BCUT2D eigenvalue weighted by atomic mass is 9.89. The fourth-order valence-electron chi connectivity index (χ4n) is 4.13. The molecule has 0 saturated carbocycles. The number of nitrogens with zero attached hydrogens (tertiary/aromatic N) is 2. The normalized spacial score (nSPS) is 14.8. The maximum Gasteiger partial charge on any atom is 0.250 e. The smallest absolute Gasteiger partial charge is 0.250 e. The Bertz CT molecular complexity index is 1080. The van der Waals surface area contributed by atoms with Crippen molar-refractivity contribution in [2.75, 3.05) is 13.1 Å². The van der Waals surface area contributed by atoms with Gasteiger partial charge < -0.3 is 10.6 Å². The molecule has 2 N–H and O–H groups in total. The summed E-state index contributed by atoms with van der Waals surface area (Å²) in [5, 5.41) is 0.557. The highest BCUT2D eigenvalue weighted by atomic mass is 19.1. The van der Waals surface area contributed by atoms with E-state index in [2.05, 4.69) is 4.98 Å². The molecule has 0 atom stereocenters. The number of primary amides is 1. The molecule has 2 aromatic carbocycles. The van der Waals surface area contributed by atoms with Crippen LogP contribution in [0.3, 0.4) is 0 Å². The van der Waals surface area contributed by atoms with Gasteiger partial charge in [0.2, 0.25) is 5.91 Å². The zero-order valence-corrected chi connectivity index (χ0v) is 16.7. The minimum Gasteiger partial charge on any atom is -0.366 e. The first-order valence-corrected chi connectivity index (χ1v) is 10.2. The van der Waals surface area contributed by atoms with Gasteiger partial charge in [0.05, 0.1) is 16.8 Å². The van der Waals surface area contributed by atoms with Gasteiger partial charge in [0.1, 0.15) is 5.82 Å². The quantitative estimate of drug-likeness (QED) is 0.701. The van der Waals surface area contributed by atoms with Crippen LogP contribution < -0.4 is 5.73 Å². The van der Waals surface area contributed by atoms with E-state index in [4.69, 9.17) is 5.73 Å². The summed E-state index contributed by atoms with van der Waals surface area (Å²) in [4.78, 5) is 31.1. The number of nitrogens with two attached hydrogens (primary N) is 1. The number of piperidine rings is 1.